The number of rotatable bonds is 5. The molecule has 1 aliphatic rings. The number of carbonyl (C=O) groups excluding carboxylic acids is 1. The van der Waals surface area contributed by atoms with Crippen LogP contribution in [0.15, 0.2) is 53.4 Å². The Morgan fingerprint density at radius 1 is 1.04 bits per heavy atom. The number of benzene rings is 2. The van der Waals surface area contributed by atoms with Crippen LogP contribution < -0.4 is 10.2 Å². The number of amides is 1. The van der Waals surface area contributed by atoms with Crippen LogP contribution in [-0.2, 0) is 14.6 Å². The molecule has 0 unspecified atom stereocenters. The van der Waals surface area contributed by atoms with E-state index in [4.69, 9.17) is 0 Å². The molecule has 3 rings (SSSR count). The maximum Gasteiger partial charge on any atom is 0.238 e. The molecule has 2 aromatic rings. The number of nitrogens with zero attached hydrogens (tertiary/aromatic N) is 2. The fourth-order valence-electron chi connectivity index (χ4n) is 3.04. The summed E-state index contributed by atoms with van der Waals surface area (Å²) in [6, 6.07) is 12.8. The second-order valence-corrected chi connectivity index (χ2v) is 8.58. The van der Waals surface area contributed by atoms with Gasteiger partial charge in [0.2, 0.25) is 5.91 Å². The summed E-state index contributed by atoms with van der Waals surface area (Å²) >= 11 is 0. The lowest BCUT2D eigenvalue weighted by molar-refractivity contribution is -0.117. The summed E-state index contributed by atoms with van der Waals surface area (Å²) in [5.41, 5.74) is 1.14. The highest BCUT2D eigenvalue weighted by molar-refractivity contribution is 7.90. The number of hydrogen-bond donors (Lipinski definition) is 1. The first-order valence-electron chi connectivity index (χ1n) is 8.65. The van der Waals surface area contributed by atoms with Crippen LogP contribution in [0.2, 0.25) is 0 Å². The van der Waals surface area contributed by atoms with Crippen molar-refractivity contribution in [2.75, 3.05) is 49.2 Å². The van der Waals surface area contributed by atoms with Crippen molar-refractivity contribution in [1.29, 1.82) is 0 Å². The Labute approximate surface area is 158 Å². The van der Waals surface area contributed by atoms with E-state index in [0.29, 0.717) is 37.6 Å². The molecular weight excluding hydrogens is 369 g/mol. The molecule has 1 N–H and O–H groups in total. The first-order chi connectivity index (χ1) is 12.8. The third-order valence-corrected chi connectivity index (χ3v) is 5.63. The van der Waals surface area contributed by atoms with Gasteiger partial charge in [0.25, 0.3) is 0 Å². The first kappa shape index (κ1) is 19.3. The van der Waals surface area contributed by atoms with Gasteiger partial charge in [-0.1, -0.05) is 12.1 Å². The third kappa shape index (κ3) is 5.05. The van der Waals surface area contributed by atoms with Crippen LogP contribution in [0, 0.1) is 5.82 Å². The molecule has 0 radical (unpaired) electrons. The summed E-state index contributed by atoms with van der Waals surface area (Å²) in [6.07, 6.45) is 1.14. The van der Waals surface area contributed by atoms with Crippen molar-refractivity contribution in [3.63, 3.8) is 0 Å². The molecule has 2 aromatic carbocycles. The Morgan fingerprint density at radius 3 is 2.26 bits per heavy atom. The van der Waals surface area contributed by atoms with Crippen LogP contribution in [0.4, 0.5) is 15.8 Å². The van der Waals surface area contributed by atoms with Crippen molar-refractivity contribution < 1.29 is 17.6 Å². The van der Waals surface area contributed by atoms with E-state index in [0.717, 1.165) is 6.26 Å². The van der Waals surface area contributed by atoms with Crippen LogP contribution in [-0.4, -0.2) is 58.2 Å². The Hall–Kier alpha value is -2.45. The zero-order valence-corrected chi connectivity index (χ0v) is 15.9. The number of piperazine rings is 1. The molecule has 1 heterocycles. The van der Waals surface area contributed by atoms with Crippen molar-refractivity contribution >= 4 is 27.1 Å². The third-order valence-electron chi connectivity index (χ3n) is 4.50. The number of anilines is 2. The fourth-order valence-corrected chi connectivity index (χ4v) is 3.67. The van der Waals surface area contributed by atoms with Gasteiger partial charge < -0.3 is 10.2 Å². The van der Waals surface area contributed by atoms with Gasteiger partial charge in [0.05, 0.1) is 17.1 Å². The molecule has 0 aliphatic carbocycles. The summed E-state index contributed by atoms with van der Waals surface area (Å²) in [6.45, 7) is 2.86. The Kier molecular flexibility index (Phi) is 5.76. The molecule has 1 amide bonds. The van der Waals surface area contributed by atoms with E-state index in [9.17, 15) is 17.6 Å². The Bertz CT molecular complexity index is 908. The zero-order valence-electron chi connectivity index (χ0n) is 15.1. The van der Waals surface area contributed by atoms with Crippen LogP contribution in [0.3, 0.4) is 0 Å². The van der Waals surface area contributed by atoms with Crippen LogP contribution in [0.5, 0.6) is 0 Å². The molecular formula is C19H22FN3O3S. The molecule has 1 fully saturated rings. The van der Waals surface area contributed by atoms with Crippen LogP contribution in [0.1, 0.15) is 0 Å². The maximum absolute atomic E-state index is 13.9. The molecule has 0 saturated carbocycles. The van der Waals surface area contributed by atoms with Crippen molar-refractivity contribution in [2.45, 2.75) is 4.90 Å². The van der Waals surface area contributed by atoms with Gasteiger partial charge >= 0.3 is 0 Å². The second-order valence-electron chi connectivity index (χ2n) is 6.56. The topological polar surface area (TPSA) is 69.7 Å². The van der Waals surface area contributed by atoms with E-state index < -0.39 is 9.84 Å². The van der Waals surface area contributed by atoms with E-state index in [1.165, 1.54) is 18.2 Å². The maximum atomic E-state index is 13.9. The van der Waals surface area contributed by atoms with Gasteiger partial charge in [0.15, 0.2) is 9.84 Å². The normalized spacial score (nSPS) is 15.6. The molecule has 144 valence electrons. The lowest BCUT2D eigenvalue weighted by Crippen LogP contribution is -2.48. The van der Waals surface area contributed by atoms with Crippen LogP contribution >= 0.6 is 0 Å². The van der Waals surface area contributed by atoms with Gasteiger partial charge in [-0.15, -0.1) is 0 Å². The molecule has 0 atom stereocenters. The van der Waals surface area contributed by atoms with Gasteiger partial charge in [0.1, 0.15) is 5.82 Å². The highest BCUT2D eigenvalue weighted by Crippen LogP contribution is 2.20. The molecule has 0 spiro atoms. The van der Waals surface area contributed by atoms with Crippen LogP contribution in [0.25, 0.3) is 0 Å². The first-order valence-corrected chi connectivity index (χ1v) is 10.5. The van der Waals surface area contributed by atoms with E-state index in [2.05, 4.69) is 5.32 Å². The monoisotopic (exact) mass is 391 g/mol. The van der Waals surface area contributed by atoms with Crippen molar-refractivity contribution in [3.8, 4) is 0 Å². The quantitative estimate of drug-likeness (QED) is 0.844. The van der Waals surface area contributed by atoms with Gasteiger partial charge in [-0.25, -0.2) is 12.8 Å². The zero-order chi connectivity index (χ0) is 19.4. The number of carbonyl (C=O) groups is 1. The molecule has 0 bridgehead atoms. The summed E-state index contributed by atoms with van der Waals surface area (Å²) < 4.78 is 36.8. The largest absolute Gasteiger partial charge is 0.367 e. The molecule has 27 heavy (non-hydrogen) atoms. The summed E-state index contributed by atoms with van der Waals surface area (Å²) in [5, 5.41) is 2.77. The highest BCUT2D eigenvalue weighted by Gasteiger charge is 2.21. The number of hydrogen-bond acceptors (Lipinski definition) is 5. The summed E-state index contributed by atoms with van der Waals surface area (Å²) in [7, 11) is -3.25. The average Bonchev–Trinajstić information content (AvgIpc) is 2.62. The molecule has 8 heteroatoms. The Balaban J connectivity index is 1.50. The minimum absolute atomic E-state index is 0.165. The minimum Gasteiger partial charge on any atom is -0.367 e. The van der Waals surface area contributed by atoms with Crippen molar-refractivity contribution in [3.05, 3.63) is 54.3 Å². The van der Waals surface area contributed by atoms with E-state index in [1.54, 1.807) is 24.3 Å². The van der Waals surface area contributed by atoms with E-state index in [-0.39, 0.29) is 23.2 Å². The lowest BCUT2D eigenvalue weighted by Gasteiger charge is -2.35. The summed E-state index contributed by atoms with van der Waals surface area (Å²) in [4.78, 5) is 16.4. The smallest absolute Gasteiger partial charge is 0.238 e. The molecule has 0 aromatic heterocycles. The second kappa shape index (κ2) is 8.06. The minimum atomic E-state index is -3.25. The average molecular weight is 391 g/mol. The number of nitrogens with one attached hydrogen (secondary N) is 1. The molecule has 1 aliphatic heterocycles. The van der Waals surface area contributed by atoms with Gasteiger partial charge in [0, 0.05) is 38.1 Å². The number of halogens is 1. The molecule has 1 saturated heterocycles. The predicted molar refractivity (Wildman–Crippen MR) is 103 cm³/mol. The highest BCUT2D eigenvalue weighted by atomic mass is 32.2. The standard InChI is InChI=1S/C19H22FN3O3S/c1-27(25,26)16-8-6-15(7-9-16)21-19(24)14-22-10-12-23(13-11-22)18-5-3-2-4-17(18)20/h2-9H,10-14H2,1H3,(H,21,24). The van der Waals surface area contributed by atoms with Crippen molar-refractivity contribution in [1.82, 2.24) is 4.90 Å². The van der Waals surface area contributed by atoms with E-state index in [1.807, 2.05) is 15.9 Å². The van der Waals surface area contributed by atoms with E-state index >= 15 is 0 Å². The predicted octanol–water partition coefficient (Wildman–Crippen LogP) is 1.99. The fraction of sp³-hybridized carbons (Fsp3) is 0.316. The van der Waals surface area contributed by atoms with Gasteiger partial charge in [-0.3, -0.25) is 9.69 Å². The lowest BCUT2D eigenvalue weighted by atomic mass is 10.2. The number of para-hydroxylation sites is 1. The number of sulfone groups is 1. The SMILES string of the molecule is CS(=O)(=O)c1ccc(NC(=O)CN2CCN(c3ccccc3F)CC2)cc1. The summed E-state index contributed by atoms with van der Waals surface area (Å²) in [5.74, 6) is -0.400. The Morgan fingerprint density at radius 2 is 1.67 bits per heavy atom. The van der Waals surface area contributed by atoms with Gasteiger partial charge in [-0.05, 0) is 36.4 Å². The van der Waals surface area contributed by atoms with Crippen molar-refractivity contribution in [2.24, 2.45) is 0 Å². The van der Waals surface area contributed by atoms with Gasteiger partial charge in [-0.2, -0.15) is 0 Å². The molecule has 6 nitrogen and oxygen atoms in total.